The van der Waals surface area contributed by atoms with Crippen molar-refractivity contribution in [3.63, 3.8) is 0 Å². The first-order valence-corrected chi connectivity index (χ1v) is 3.20. The van der Waals surface area contributed by atoms with Gasteiger partial charge in [0.15, 0.2) is 5.69 Å². The zero-order valence-electron chi connectivity index (χ0n) is 6.61. The van der Waals surface area contributed by atoms with Crippen molar-refractivity contribution in [1.82, 2.24) is 4.73 Å². The molecule has 1 aromatic rings. The number of rotatable bonds is 0. The van der Waals surface area contributed by atoms with E-state index in [1.165, 1.54) is 13.8 Å². The Morgan fingerprint density at radius 3 is 2.50 bits per heavy atom. The molecule has 0 aromatic carbocycles. The fraction of sp³-hybridized carbons (Fsp3) is 0.333. The fourth-order valence-corrected chi connectivity index (χ4v) is 0.793. The molecule has 0 amide bonds. The van der Waals surface area contributed by atoms with Gasteiger partial charge in [0.2, 0.25) is 0 Å². The summed E-state index contributed by atoms with van der Waals surface area (Å²) in [6, 6.07) is 0. The summed E-state index contributed by atoms with van der Waals surface area (Å²) < 4.78 is 0.309. The van der Waals surface area contributed by atoms with E-state index >= 15 is 0 Å². The van der Waals surface area contributed by atoms with Crippen molar-refractivity contribution in [2.45, 2.75) is 13.8 Å². The van der Waals surface area contributed by atoms with Crippen molar-refractivity contribution in [3.8, 4) is 5.88 Å². The van der Waals surface area contributed by atoms with Gasteiger partial charge in [0.1, 0.15) is 0 Å². The van der Waals surface area contributed by atoms with Crippen LogP contribution in [0.4, 0.5) is 0 Å². The van der Waals surface area contributed by atoms with Crippen molar-refractivity contribution in [2.75, 3.05) is 0 Å². The molecule has 0 spiro atoms. The predicted octanol–water partition coefficient (Wildman–Crippen LogP) is -0.959. The van der Waals surface area contributed by atoms with Gasteiger partial charge >= 0.3 is 11.4 Å². The normalized spacial score (nSPS) is 10.2. The second-order valence-corrected chi connectivity index (χ2v) is 2.41. The number of aromatic hydroxyl groups is 1. The van der Waals surface area contributed by atoms with Gasteiger partial charge in [-0.25, -0.2) is 0 Å². The van der Waals surface area contributed by atoms with E-state index in [-0.39, 0.29) is 20.8 Å². The number of aromatic nitrogens is 2. The Bertz CT molecular complexity index is 350. The maximum Gasteiger partial charge on any atom is 0.400 e. The second-order valence-electron chi connectivity index (χ2n) is 2.41. The molecule has 6 nitrogen and oxygen atoms in total. The van der Waals surface area contributed by atoms with Crippen molar-refractivity contribution in [2.24, 2.45) is 0 Å². The summed E-state index contributed by atoms with van der Waals surface area (Å²) in [5.41, 5.74) is -1.29. The zero-order valence-corrected chi connectivity index (χ0v) is 6.61. The summed E-state index contributed by atoms with van der Waals surface area (Å²) in [6.07, 6.45) is 0. The average Bonchev–Trinajstić information content (AvgIpc) is 2.08. The second kappa shape index (κ2) is 2.40. The van der Waals surface area contributed by atoms with Crippen LogP contribution < -0.4 is 10.3 Å². The van der Waals surface area contributed by atoms with Crippen LogP contribution in [0.25, 0.3) is 0 Å². The molecule has 12 heavy (non-hydrogen) atoms. The van der Waals surface area contributed by atoms with Crippen molar-refractivity contribution < 1.29 is 15.0 Å². The summed E-state index contributed by atoms with van der Waals surface area (Å²) in [7, 11) is 0. The first-order valence-electron chi connectivity index (χ1n) is 3.20. The van der Waals surface area contributed by atoms with Gasteiger partial charge in [-0.3, -0.25) is 4.79 Å². The summed E-state index contributed by atoms with van der Waals surface area (Å²) in [5, 5.41) is 28.9. The topological polar surface area (TPSA) is 89.4 Å². The Kier molecular flexibility index (Phi) is 1.68. The third-order valence-corrected chi connectivity index (χ3v) is 1.64. The van der Waals surface area contributed by atoms with Crippen molar-refractivity contribution in [1.29, 1.82) is 0 Å². The molecule has 0 saturated carbocycles. The van der Waals surface area contributed by atoms with E-state index in [1.807, 2.05) is 0 Å². The molecule has 1 aromatic heterocycles. The Morgan fingerprint density at radius 1 is 1.50 bits per heavy atom. The van der Waals surface area contributed by atoms with Gasteiger partial charge < -0.3 is 15.5 Å². The van der Waals surface area contributed by atoms with Crippen LogP contribution in [0, 0.1) is 19.1 Å². The highest BCUT2D eigenvalue weighted by Crippen LogP contribution is 2.05. The molecule has 1 rings (SSSR count). The molecule has 0 aliphatic rings. The lowest BCUT2D eigenvalue weighted by atomic mass is 10.4. The summed E-state index contributed by atoms with van der Waals surface area (Å²) in [6.45, 7) is 2.46. The molecule has 6 heteroatoms. The highest BCUT2D eigenvalue weighted by molar-refractivity contribution is 5.10. The molecule has 0 fully saturated rings. The van der Waals surface area contributed by atoms with Crippen molar-refractivity contribution in [3.05, 3.63) is 26.9 Å². The van der Waals surface area contributed by atoms with E-state index in [1.54, 1.807) is 0 Å². The molecular weight excluding hydrogens is 164 g/mol. The van der Waals surface area contributed by atoms with Gasteiger partial charge in [0.25, 0.3) is 5.69 Å². The quantitative estimate of drug-likeness (QED) is 0.299. The van der Waals surface area contributed by atoms with E-state index < -0.39 is 11.4 Å². The van der Waals surface area contributed by atoms with Crippen molar-refractivity contribution >= 4 is 0 Å². The Morgan fingerprint density at radius 2 is 2.00 bits per heavy atom. The molecule has 66 valence electrons. The lowest BCUT2D eigenvalue weighted by Gasteiger charge is -2.05. The molecule has 0 bridgehead atoms. The Labute approximate surface area is 67.5 Å². The van der Waals surface area contributed by atoms with Crippen LogP contribution in [-0.4, -0.2) is 15.0 Å². The minimum Gasteiger partial charge on any atom is -0.616 e. The van der Waals surface area contributed by atoms with Crippen LogP contribution in [0.5, 0.6) is 5.88 Å². The van der Waals surface area contributed by atoms with E-state index in [4.69, 9.17) is 10.3 Å². The van der Waals surface area contributed by atoms with Gasteiger partial charge in [0, 0.05) is 6.92 Å². The van der Waals surface area contributed by atoms with Gasteiger partial charge in [-0.15, -0.1) is 9.46 Å². The van der Waals surface area contributed by atoms with Gasteiger partial charge in [-0.05, 0) is 6.92 Å². The van der Waals surface area contributed by atoms with E-state index in [0.29, 0.717) is 0 Å². The van der Waals surface area contributed by atoms with E-state index in [9.17, 15) is 10.0 Å². The molecule has 0 aliphatic carbocycles. The minimum absolute atomic E-state index is 0.0738. The third-order valence-electron chi connectivity index (χ3n) is 1.64. The van der Waals surface area contributed by atoms with Crippen LogP contribution in [0.3, 0.4) is 0 Å². The van der Waals surface area contributed by atoms with Crippen LogP contribution in [0.2, 0.25) is 0 Å². The highest BCUT2D eigenvalue weighted by Gasteiger charge is 2.19. The molecular formula is C6H8N2O4. The average molecular weight is 172 g/mol. The summed E-state index contributed by atoms with van der Waals surface area (Å²) in [5.74, 6) is -0.672. The lowest BCUT2D eigenvalue weighted by Crippen LogP contribution is -2.41. The maximum absolute atomic E-state index is 10.9. The standard InChI is InChI=1S/C6H8N2O4/c1-3-5(9)8(12)4(2)6(10)7(3)11/h9,11H,1-2H3. The highest BCUT2D eigenvalue weighted by atomic mass is 16.5. The fourth-order valence-electron chi connectivity index (χ4n) is 0.793. The molecule has 2 N–H and O–H groups in total. The SMILES string of the molecule is Cc1c(O)[n+]([O-])c(C)c(=O)n1O. The number of hydrogen-bond donors (Lipinski definition) is 2. The van der Waals surface area contributed by atoms with Crippen LogP contribution in [0.1, 0.15) is 11.4 Å². The largest absolute Gasteiger partial charge is 0.616 e. The predicted molar refractivity (Wildman–Crippen MR) is 38.0 cm³/mol. The first-order chi connectivity index (χ1) is 5.46. The molecule has 0 aliphatic heterocycles. The number of hydrogen-bond acceptors (Lipinski definition) is 4. The molecule has 0 unspecified atom stereocenters. The van der Waals surface area contributed by atoms with Gasteiger partial charge in [-0.2, -0.15) is 0 Å². The molecule has 1 heterocycles. The molecule has 0 saturated heterocycles. The minimum atomic E-state index is -0.833. The lowest BCUT2D eigenvalue weighted by molar-refractivity contribution is -0.622. The molecule has 0 atom stereocenters. The van der Waals surface area contributed by atoms with Gasteiger partial charge in [-0.1, -0.05) is 0 Å². The maximum atomic E-state index is 10.9. The smallest absolute Gasteiger partial charge is 0.400 e. The van der Waals surface area contributed by atoms with Crippen LogP contribution >= 0.6 is 0 Å². The summed E-state index contributed by atoms with van der Waals surface area (Å²) >= 11 is 0. The van der Waals surface area contributed by atoms with Crippen LogP contribution in [0.15, 0.2) is 4.79 Å². The third kappa shape index (κ3) is 0.884. The van der Waals surface area contributed by atoms with Crippen LogP contribution in [-0.2, 0) is 0 Å². The Balaban J connectivity index is 3.73. The number of nitrogens with zero attached hydrogens (tertiary/aromatic N) is 2. The van der Waals surface area contributed by atoms with E-state index in [2.05, 4.69) is 0 Å². The Hall–Kier alpha value is -1.72. The summed E-state index contributed by atoms with van der Waals surface area (Å²) in [4.78, 5) is 10.9. The monoisotopic (exact) mass is 172 g/mol. The van der Waals surface area contributed by atoms with E-state index in [0.717, 1.165) is 0 Å². The van der Waals surface area contributed by atoms with Gasteiger partial charge in [0.05, 0.1) is 0 Å². The first kappa shape index (κ1) is 8.38. The zero-order chi connectivity index (χ0) is 9.46. The molecule has 0 radical (unpaired) electrons.